The van der Waals surface area contributed by atoms with Crippen LogP contribution in [0.1, 0.15) is 15.9 Å². The van der Waals surface area contributed by atoms with E-state index in [1.165, 1.54) is 42.5 Å². The zero-order valence-electron chi connectivity index (χ0n) is 17.0. The van der Waals surface area contributed by atoms with Crippen molar-refractivity contribution < 1.29 is 28.2 Å². The van der Waals surface area contributed by atoms with Gasteiger partial charge in [0.25, 0.3) is 21.4 Å². The van der Waals surface area contributed by atoms with Gasteiger partial charge in [-0.2, -0.15) is 5.10 Å². The third-order valence-electron chi connectivity index (χ3n) is 4.39. The number of aromatic carboxylic acids is 1. The highest BCUT2D eigenvalue weighted by Gasteiger charge is 2.24. The summed E-state index contributed by atoms with van der Waals surface area (Å²) in [6, 6.07) is 13.8. The highest BCUT2D eigenvalue weighted by Crippen LogP contribution is 2.29. The minimum atomic E-state index is -4.54. The number of nitro groups is 2. The fraction of sp³-hybridized carbons (Fsp3) is 0. The van der Waals surface area contributed by atoms with Gasteiger partial charge in [-0.1, -0.05) is 24.3 Å². The number of carbonyl (C=O) groups is 1. The summed E-state index contributed by atoms with van der Waals surface area (Å²) in [6.07, 6.45) is 1.09. The van der Waals surface area contributed by atoms with Gasteiger partial charge in [-0.3, -0.25) is 30.4 Å². The number of anilines is 2. The summed E-state index contributed by atoms with van der Waals surface area (Å²) < 4.78 is 28.2. The number of nitro benzene ring substituents is 2. The maximum Gasteiger partial charge on any atom is 0.337 e. The van der Waals surface area contributed by atoms with E-state index < -0.39 is 36.4 Å². The summed E-state index contributed by atoms with van der Waals surface area (Å²) in [5.74, 6) is -1.38. The van der Waals surface area contributed by atoms with Gasteiger partial charge in [0, 0.05) is 18.2 Å². The van der Waals surface area contributed by atoms with E-state index in [2.05, 4.69) is 15.2 Å². The van der Waals surface area contributed by atoms with Gasteiger partial charge < -0.3 is 5.11 Å². The van der Waals surface area contributed by atoms with Crippen molar-refractivity contribution in [3.8, 4) is 0 Å². The Hall–Kier alpha value is -4.85. The summed E-state index contributed by atoms with van der Waals surface area (Å²) in [4.78, 5) is 31.7. The molecule has 0 radical (unpaired) electrons. The molecule has 0 saturated heterocycles. The number of para-hydroxylation sites is 2. The molecule has 0 heterocycles. The first-order valence-electron chi connectivity index (χ1n) is 9.26. The largest absolute Gasteiger partial charge is 0.478 e. The minimum absolute atomic E-state index is 0.125. The van der Waals surface area contributed by atoms with Crippen molar-refractivity contribution in [2.24, 2.45) is 5.10 Å². The fourth-order valence-electron chi connectivity index (χ4n) is 2.83. The smallest absolute Gasteiger partial charge is 0.337 e. The molecule has 13 nitrogen and oxygen atoms in total. The van der Waals surface area contributed by atoms with E-state index in [4.69, 9.17) is 0 Å². The van der Waals surface area contributed by atoms with Crippen molar-refractivity contribution in [2.45, 2.75) is 4.90 Å². The number of hydrazone groups is 1. The molecule has 0 aliphatic heterocycles. The second-order valence-corrected chi connectivity index (χ2v) is 8.23. The highest BCUT2D eigenvalue weighted by atomic mass is 32.2. The van der Waals surface area contributed by atoms with Gasteiger partial charge in [-0.05, 0) is 24.3 Å². The first kappa shape index (κ1) is 23.8. The number of nitrogens with zero attached hydrogens (tertiary/aromatic N) is 3. The van der Waals surface area contributed by atoms with Crippen molar-refractivity contribution in [1.29, 1.82) is 0 Å². The van der Waals surface area contributed by atoms with Crippen molar-refractivity contribution in [1.82, 2.24) is 0 Å². The minimum Gasteiger partial charge on any atom is -0.478 e. The molecule has 34 heavy (non-hydrogen) atoms. The topological polar surface area (TPSA) is 194 Å². The van der Waals surface area contributed by atoms with E-state index in [9.17, 15) is 38.5 Å². The third-order valence-corrected chi connectivity index (χ3v) is 5.79. The van der Waals surface area contributed by atoms with E-state index in [1.807, 2.05) is 0 Å². The lowest BCUT2D eigenvalue weighted by Gasteiger charge is -2.13. The molecule has 0 aromatic heterocycles. The second kappa shape index (κ2) is 9.74. The average molecular weight is 485 g/mol. The molecule has 0 fully saturated rings. The van der Waals surface area contributed by atoms with Crippen LogP contribution in [0.3, 0.4) is 0 Å². The number of carboxylic acid groups (broad SMARTS) is 1. The van der Waals surface area contributed by atoms with Crippen LogP contribution in [0.2, 0.25) is 0 Å². The van der Waals surface area contributed by atoms with Gasteiger partial charge in [0.05, 0.1) is 38.6 Å². The number of hydrogen-bond acceptors (Lipinski definition) is 9. The standard InChI is InChI=1S/C20H15N5O8S/c26-20(27)15-6-2-3-7-16(15)23-34(32,33)19-11-14(24(28)29)9-10-17(19)22-21-12-13-5-1-4-8-18(13)25(30)31/h1-12,22-23H,(H,26,27)/b21-12+. The normalized spacial score (nSPS) is 11.2. The molecule has 3 rings (SSSR count). The number of hydrogen-bond donors (Lipinski definition) is 3. The molecule has 0 saturated carbocycles. The van der Waals surface area contributed by atoms with Gasteiger partial charge in [0.15, 0.2) is 0 Å². The Bertz CT molecular complexity index is 1420. The van der Waals surface area contributed by atoms with E-state index in [1.54, 1.807) is 6.07 Å². The predicted molar refractivity (Wildman–Crippen MR) is 122 cm³/mol. The van der Waals surface area contributed by atoms with Gasteiger partial charge in [-0.25, -0.2) is 13.2 Å². The fourth-order valence-corrected chi connectivity index (χ4v) is 4.09. The maximum absolute atomic E-state index is 13.0. The third kappa shape index (κ3) is 5.31. The number of rotatable bonds is 9. The maximum atomic E-state index is 13.0. The Morgan fingerprint density at radius 3 is 2.29 bits per heavy atom. The molecule has 3 aromatic carbocycles. The van der Waals surface area contributed by atoms with E-state index in [-0.39, 0.29) is 28.2 Å². The summed E-state index contributed by atoms with van der Waals surface area (Å²) >= 11 is 0. The molecular weight excluding hydrogens is 470 g/mol. The molecule has 14 heteroatoms. The monoisotopic (exact) mass is 485 g/mol. The molecule has 3 aromatic rings. The summed E-state index contributed by atoms with van der Waals surface area (Å²) in [5, 5.41) is 35.4. The van der Waals surface area contributed by atoms with E-state index >= 15 is 0 Å². The number of benzene rings is 3. The zero-order chi connectivity index (χ0) is 24.9. The molecular formula is C20H15N5O8S. The van der Waals surface area contributed by atoms with Crippen LogP contribution in [0.4, 0.5) is 22.7 Å². The SMILES string of the molecule is O=C(O)c1ccccc1NS(=O)(=O)c1cc([N+](=O)[O-])ccc1N/N=C/c1ccccc1[N+](=O)[O-]. The van der Waals surface area contributed by atoms with Gasteiger partial charge in [0.2, 0.25) is 0 Å². The number of non-ortho nitro benzene ring substituents is 1. The van der Waals surface area contributed by atoms with Crippen LogP contribution in [-0.4, -0.2) is 35.6 Å². The summed E-state index contributed by atoms with van der Waals surface area (Å²) in [7, 11) is -4.54. The summed E-state index contributed by atoms with van der Waals surface area (Å²) in [6.45, 7) is 0. The second-order valence-electron chi connectivity index (χ2n) is 6.58. The zero-order valence-corrected chi connectivity index (χ0v) is 17.8. The lowest BCUT2D eigenvalue weighted by atomic mass is 10.2. The Labute approximate surface area is 191 Å². The van der Waals surface area contributed by atoms with Crippen LogP contribution in [0, 0.1) is 20.2 Å². The van der Waals surface area contributed by atoms with Crippen LogP contribution in [-0.2, 0) is 10.0 Å². The molecule has 0 amide bonds. The average Bonchev–Trinajstić information content (AvgIpc) is 2.79. The number of carboxylic acids is 1. The van der Waals surface area contributed by atoms with E-state index in [0.717, 1.165) is 24.4 Å². The van der Waals surface area contributed by atoms with Crippen molar-refractivity contribution >= 4 is 45.0 Å². The highest BCUT2D eigenvalue weighted by molar-refractivity contribution is 7.93. The number of nitrogens with one attached hydrogen (secondary N) is 2. The molecule has 0 aliphatic rings. The summed E-state index contributed by atoms with van der Waals surface area (Å²) in [5.41, 5.74) is 0.976. The molecule has 0 bridgehead atoms. The molecule has 0 atom stereocenters. The molecule has 3 N–H and O–H groups in total. The number of sulfonamides is 1. The first-order valence-corrected chi connectivity index (χ1v) is 10.7. The van der Waals surface area contributed by atoms with Crippen molar-refractivity contribution in [3.05, 3.63) is 98.1 Å². The van der Waals surface area contributed by atoms with Crippen LogP contribution >= 0.6 is 0 Å². The lowest BCUT2D eigenvalue weighted by molar-refractivity contribution is -0.385. The van der Waals surface area contributed by atoms with Crippen molar-refractivity contribution in [2.75, 3.05) is 10.1 Å². The van der Waals surface area contributed by atoms with E-state index in [0.29, 0.717) is 0 Å². The Kier molecular flexibility index (Phi) is 6.82. The molecule has 0 spiro atoms. The van der Waals surface area contributed by atoms with Crippen LogP contribution in [0.15, 0.2) is 76.7 Å². The first-order chi connectivity index (χ1) is 16.1. The van der Waals surface area contributed by atoms with Crippen molar-refractivity contribution in [3.63, 3.8) is 0 Å². The Morgan fingerprint density at radius 2 is 1.62 bits per heavy atom. The molecule has 0 unspecified atom stereocenters. The lowest BCUT2D eigenvalue weighted by Crippen LogP contribution is -2.17. The van der Waals surface area contributed by atoms with Crippen LogP contribution in [0.5, 0.6) is 0 Å². The molecule has 174 valence electrons. The van der Waals surface area contributed by atoms with Gasteiger partial charge in [-0.15, -0.1) is 0 Å². The van der Waals surface area contributed by atoms with Gasteiger partial charge in [0.1, 0.15) is 4.90 Å². The predicted octanol–water partition coefficient (Wildman–Crippen LogP) is 3.45. The Balaban J connectivity index is 2.00. The van der Waals surface area contributed by atoms with Crippen LogP contribution in [0.25, 0.3) is 0 Å². The van der Waals surface area contributed by atoms with Crippen LogP contribution < -0.4 is 10.1 Å². The quantitative estimate of drug-likeness (QED) is 0.231. The Morgan fingerprint density at radius 1 is 0.941 bits per heavy atom. The van der Waals surface area contributed by atoms with Gasteiger partial charge >= 0.3 is 5.97 Å². The molecule has 0 aliphatic carbocycles.